The third-order valence-corrected chi connectivity index (χ3v) is 10.6. The number of sulfonamides is 1. The number of ether oxygens (including phenoxy) is 2. The van der Waals surface area contributed by atoms with Gasteiger partial charge in [0.1, 0.15) is 29.5 Å². The molecular weight excluding hydrogens is 601 g/mol. The second kappa shape index (κ2) is 11.1. The molecule has 0 radical (unpaired) electrons. The van der Waals surface area contributed by atoms with E-state index in [-0.39, 0.29) is 45.5 Å². The smallest absolute Gasteiger partial charge is 0.410 e. The Labute approximate surface area is 252 Å². The predicted octanol–water partition coefficient (Wildman–Crippen LogP) is 0.415. The number of nitrogens with zero attached hydrogens (tertiary/aromatic N) is 2. The Balaban J connectivity index is 1.18. The summed E-state index contributed by atoms with van der Waals surface area (Å²) in [4.78, 5) is 67.8. The minimum atomic E-state index is -3.90. The van der Waals surface area contributed by atoms with E-state index in [1.165, 1.54) is 21.9 Å². The molecule has 0 aromatic heterocycles. The van der Waals surface area contributed by atoms with Crippen LogP contribution in [-0.2, 0) is 47.0 Å². The molecule has 14 nitrogen and oxygen atoms in total. The zero-order valence-corrected chi connectivity index (χ0v) is 24.4. The third-order valence-electron chi connectivity index (χ3n) is 8.78. The van der Waals surface area contributed by atoms with Gasteiger partial charge in [0, 0.05) is 30.9 Å². The molecule has 5 amide bonds. The number of hydrogen-bond donors (Lipinski definition) is 3. The molecule has 3 N–H and O–H groups in total. The summed E-state index contributed by atoms with van der Waals surface area (Å²) in [5, 5.41) is 4.42. The van der Waals surface area contributed by atoms with Crippen molar-refractivity contribution in [3.05, 3.63) is 47.8 Å². The highest BCUT2D eigenvalue weighted by molar-refractivity contribution is 7.91. The second-order valence-electron chi connectivity index (χ2n) is 11.8. The molecule has 2 saturated carbocycles. The fourth-order valence-electron chi connectivity index (χ4n) is 6.03. The highest BCUT2D eigenvalue weighted by Gasteiger charge is 2.62. The first kappa shape index (κ1) is 29.8. The number of benzene rings is 1. The van der Waals surface area contributed by atoms with Crippen LogP contribution in [0.15, 0.2) is 30.9 Å². The number of carbonyl (C=O) groups excluding carboxylic acids is 5. The van der Waals surface area contributed by atoms with Crippen LogP contribution in [0.25, 0.3) is 0 Å². The molecule has 6 rings (SSSR count). The minimum Gasteiger partial charge on any atom is -0.449 e. The molecular formula is C28H32FN5O9S. The van der Waals surface area contributed by atoms with E-state index in [1.807, 2.05) is 0 Å². The average molecular weight is 634 g/mol. The van der Waals surface area contributed by atoms with Gasteiger partial charge in [0.2, 0.25) is 21.8 Å². The van der Waals surface area contributed by atoms with E-state index in [4.69, 9.17) is 9.47 Å². The number of amides is 5. The van der Waals surface area contributed by atoms with E-state index >= 15 is 0 Å². The van der Waals surface area contributed by atoms with Crippen LogP contribution >= 0.6 is 0 Å². The molecule has 2 saturated heterocycles. The van der Waals surface area contributed by atoms with Gasteiger partial charge in [0.05, 0.1) is 24.9 Å². The van der Waals surface area contributed by atoms with Crippen molar-refractivity contribution in [3.8, 4) is 0 Å². The van der Waals surface area contributed by atoms with Gasteiger partial charge in [0.15, 0.2) is 0 Å². The zero-order chi connectivity index (χ0) is 31.4. The minimum absolute atomic E-state index is 0.00143. The molecule has 0 spiro atoms. The summed E-state index contributed by atoms with van der Waals surface area (Å²) in [6.07, 6.45) is -0.0588. The maximum atomic E-state index is 14.2. The van der Waals surface area contributed by atoms with Gasteiger partial charge in [-0.3, -0.25) is 24.0 Å². The Kier molecular flexibility index (Phi) is 7.50. The molecule has 0 bridgehead atoms. The lowest BCUT2D eigenvalue weighted by Gasteiger charge is -2.31. The van der Waals surface area contributed by atoms with Crippen molar-refractivity contribution >= 4 is 39.9 Å². The number of halogens is 1. The van der Waals surface area contributed by atoms with Crippen molar-refractivity contribution in [1.82, 2.24) is 25.2 Å². The third kappa shape index (κ3) is 5.57. The summed E-state index contributed by atoms with van der Waals surface area (Å²) < 4.78 is 51.7. The van der Waals surface area contributed by atoms with Crippen LogP contribution < -0.4 is 15.4 Å². The second-order valence-corrected chi connectivity index (χ2v) is 13.7. The van der Waals surface area contributed by atoms with Gasteiger partial charge in [0.25, 0.3) is 5.91 Å². The molecule has 236 valence electrons. The number of nitrogens with one attached hydrogen (secondary N) is 3. The Bertz CT molecular complexity index is 1550. The van der Waals surface area contributed by atoms with E-state index in [1.54, 1.807) is 12.1 Å². The lowest BCUT2D eigenvalue weighted by atomic mass is 10.1. The van der Waals surface area contributed by atoms with Crippen molar-refractivity contribution in [2.75, 3.05) is 13.2 Å². The normalized spacial score (nSPS) is 29.2. The quantitative estimate of drug-likeness (QED) is 0.342. The van der Waals surface area contributed by atoms with Crippen molar-refractivity contribution < 1.29 is 46.3 Å². The van der Waals surface area contributed by atoms with E-state index in [0.717, 1.165) is 0 Å². The Morgan fingerprint density at radius 3 is 2.61 bits per heavy atom. The molecule has 3 heterocycles. The van der Waals surface area contributed by atoms with Gasteiger partial charge in [-0.05, 0) is 30.9 Å². The predicted molar refractivity (Wildman–Crippen MR) is 148 cm³/mol. The van der Waals surface area contributed by atoms with E-state index in [9.17, 15) is 36.8 Å². The Morgan fingerprint density at radius 2 is 1.95 bits per heavy atom. The number of carbonyl (C=O) groups is 5. The van der Waals surface area contributed by atoms with Crippen LogP contribution in [0, 0.1) is 11.7 Å². The summed E-state index contributed by atoms with van der Waals surface area (Å²) in [6.45, 7) is 3.60. The molecule has 0 unspecified atom stereocenters. The lowest BCUT2D eigenvalue weighted by Crippen LogP contribution is -2.59. The van der Waals surface area contributed by atoms with Crippen LogP contribution in [-0.4, -0.2) is 90.3 Å². The number of alkyl carbamates (subject to hydrolysis) is 1. The number of rotatable bonds is 8. The average Bonchev–Trinajstić information content (AvgIpc) is 3.87. The molecule has 2 aliphatic carbocycles. The van der Waals surface area contributed by atoms with Crippen LogP contribution in [0.4, 0.5) is 14.0 Å². The number of hydrogen-bond acceptors (Lipinski definition) is 9. The molecule has 3 aliphatic heterocycles. The fourth-order valence-corrected chi connectivity index (χ4v) is 7.40. The SMILES string of the molecule is C=C[C@@H]1C[C@]1(NC(=O)[C@@H]1C[C@@H](OC(=O)N2Cc3cccc(F)c3C2)CN1C(=O)[C@@H]1CCOC(=O)N1)C(=O)NS(=O)(=O)C1CC1. The van der Waals surface area contributed by atoms with Gasteiger partial charge in [-0.15, -0.1) is 6.58 Å². The molecule has 5 atom stereocenters. The molecule has 1 aromatic rings. The number of cyclic esters (lactones) is 1. The van der Waals surface area contributed by atoms with Crippen LogP contribution in [0.5, 0.6) is 0 Å². The lowest BCUT2D eigenvalue weighted by molar-refractivity contribution is -0.141. The zero-order valence-electron chi connectivity index (χ0n) is 23.6. The highest BCUT2D eigenvalue weighted by Crippen LogP contribution is 2.45. The Morgan fingerprint density at radius 1 is 1.18 bits per heavy atom. The van der Waals surface area contributed by atoms with Gasteiger partial charge in [-0.25, -0.2) is 22.4 Å². The maximum Gasteiger partial charge on any atom is 0.410 e. The van der Waals surface area contributed by atoms with Crippen LogP contribution in [0.2, 0.25) is 0 Å². The molecule has 5 aliphatic rings. The first-order valence-electron chi connectivity index (χ1n) is 14.4. The van der Waals surface area contributed by atoms with Crippen molar-refractivity contribution in [3.63, 3.8) is 0 Å². The fraction of sp³-hybridized carbons (Fsp3) is 0.536. The van der Waals surface area contributed by atoms with E-state index in [2.05, 4.69) is 21.9 Å². The molecule has 1 aromatic carbocycles. The topological polar surface area (TPSA) is 181 Å². The maximum absolute atomic E-state index is 14.2. The number of likely N-dealkylation sites (tertiary alicyclic amines) is 1. The van der Waals surface area contributed by atoms with Gasteiger partial charge in [-0.2, -0.15) is 0 Å². The van der Waals surface area contributed by atoms with E-state index in [0.29, 0.717) is 24.0 Å². The van der Waals surface area contributed by atoms with E-state index < -0.39 is 80.6 Å². The molecule has 4 fully saturated rings. The monoisotopic (exact) mass is 633 g/mol. The van der Waals surface area contributed by atoms with Gasteiger partial charge in [-0.1, -0.05) is 18.2 Å². The first-order valence-corrected chi connectivity index (χ1v) is 15.9. The molecule has 44 heavy (non-hydrogen) atoms. The summed E-state index contributed by atoms with van der Waals surface area (Å²) in [5.74, 6) is -3.24. The summed E-state index contributed by atoms with van der Waals surface area (Å²) >= 11 is 0. The largest absolute Gasteiger partial charge is 0.449 e. The van der Waals surface area contributed by atoms with Crippen molar-refractivity contribution in [2.45, 2.75) is 74.2 Å². The summed E-state index contributed by atoms with van der Waals surface area (Å²) in [5.41, 5.74) is -0.553. The van der Waals surface area contributed by atoms with Crippen LogP contribution in [0.3, 0.4) is 0 Å². The van der Waals surface area contributed by atoms with Gasteiger partial charge < -0.3 is 25.0 Å². The van der Waals surface area contributed by atoms with Gasteiger partial charge >= 0.3 is 12.2 Å². The Hall–Kier alpha value is -4.21. The van der Waals surface area contributed by atoms with Crippen molar-refractivity contribution in [1.29, 1.82) is 0 Å². The standard InChI is InChI=1S/C28H32FN5O9S/c1-2-16-11-28(16,25(37)32-44(40,41)18-6-7-18)31-23(35)22-10-17(13-34(22)24(36)21-8-9-42-26(38)30-21)43-27(39)33-12-15-4-3-5-20(29)19(15)14-33/h2-5,16-18,21-22H,1,6-14H2,(H,30,38)(H,31,35)(H,32,37)/t16-,17-,21+,22+,28-/m1/s1. The highest BCUT2D eigenvalue weighted by atomic mass is 32.2. The summed E-state index contributed by atoms with van der Waals surface area (Å²) in [6, 6.07) is 2.34. The van der Waals surface area contributed by atoms with Crippen LogP contribution in [0.1, 0.15) is 43.2 Å². The first-order chi connectivity index (χ1) is 20.9. The number of fused-ring (bicyclic) bond motifs is 1. The van der Waals surface area contributed by atoms with Crippen molar-refractivity contribution in [2.24, 2.45) is 5.92 Å². The molecule has 16 heteroatoms. The summed E-state index contributed by atoms with van der Waals surface area (Å²) in [7, 11) is -3.90.